The van der Waals surface area contributed by atoms with Crippen LogP contribution in [0.4, 0.5) is 13.6 Å². The number of carbonyl (C=O) groups is 2. The van der Waals surface area contributed by atoms with E-state index in [1.165, 1.54) is 4.90 Å². The highest BCUT2D eigenvalue weighted by Gasteiger charge is 2.39. The number of halogens is 2. The molecule has 5 nitrogen and oxygen atoms in total. The lowest BCUT2D eigenvalue weighted by Gasteiger charge is -2.37. The normalized spacial score (nSPS) is 24.8. The van der Waals surface area contributed by atoms with Crippen LogP contribution in [0.1, 0.15) is 19.8 Å². The van der Waals surface area contributed by atoms with E-state index in [9.17, 15) is 18.4 Å². The molecule has 1 aliphatic rings. The van der Waals surface area contributed by atoms with E-state index in [2.05, 4.69) is 5.32 Å². The first-order valence-electron chi connectivity index (χ1n) is 5.39. The molecule has 0 bridgehead atoms. The van der Waals surface area contributed by atoms with E-state index < -0.39 is 30.4 Å². The van der Waals surface area contributed by atoms with E-state index in [4.69, 9.17) is 5.11 Å². The molecule has 0 spiro atoms. The lowest BCUT2D eigenvalue weighted by molar-refractivity contribution is -0.150. The number of piperidine rings is 1. The fraction of sp³-hybridized carbons (Fsp3) is 0.800. The quantitative estimate of drug-likeness (QED) is 0.789. The molecule has 2 amide bonds. The summed E-state index contributed by atoms with van der Waals surface area (Å²) >= 11 is 0. The monoisotopic (exact) mass is 250 g/mol. The van der Waals surface area contributed by atoms with Crippen LogP contribution in [0.3, 0.4) is 0 Å². The Morgan fingerprint density at radius 3 is 2.71 bits per heavy atom. The molecule has 1 rings (SSSR count). The van der Waals surface area contributed by atoms with Crippen molar-refractivity contribution in [2.45, 2.75) is 26.2 Å². The van der Waals surface area contributed by atoms with Crippen LogP contribution in [-0.2, 0) is 4.79 Å². The smallest absolute Gasteiger partial charge is 0.317 e. The zero-order valence-corrected chi connectivity index (χ0v) is 9.58. The highest BCUT2D eigenvalue weighted by molar-refractivity contribution is 5.78. The van der Waals surface area contributed by atoms with Crippen LogP contribution in [0.15, 0.2) is 0 Å². The summed E-state index contributed by atoms with van der Waals surface area (Å²) in [6.07, 6.45) is -1.55. The maximum absolute atomic E-state index is 11.9. The predicted molar refractivity (Wildman–Crippen MR) is 56.0 cm³/mol. The second kappa shape index (κ2) is 5.29. The SMILES string of the molecule is CC1(C(=O)O)CCCN(C(=O)NCC(F)F)C1. The Hall–Kier alpha value is -1.40. The molecule has 7 heteroatoms. The number of carboxylic acid groups (broad SMARTS) is 1. The van der Waals surface area contributed by atoms with Crippen LogP contribution in [-0.4, -0.2) is 48.1 Å². The second-order valence-corrected chi connectivity index (χ2v) is 4.47. The molecule has 1 unspecified atom stereocenters. The standard InChI is InChI=1S/C10H16F2N2O3/c1-10(8(15)16)3-2-4-14(6-10)9(17)13-5-7(11)12/h7H,2-6H2,1H3,(H,13,17)(H,15,16). The molecule has 2 N–H and O–H groups in total. The number of likely N-dealkylation sites (tertiary alicyclic amines) is 1. The molecule has 0 aromatic heterocycles. The maximum Gasteiger partial charge on any atom is 0.317 e. The number of amides is 2. The van der Waals surface area contributed by atoms with Crippen LogP contribution in [0.5, 0.6) is 0 Å². The Morgan fingerprint density at radius 2 is 2.18 bits per heavy atom. The van der Waals surface area contributed by atoms with Gasteiger partial charge in [0.25, 0.3) is 6.43 Å². The maximum atomic E-state index is 11.9. The van der Waals surface area contributed by atoms with Crippen LogP contribution in [0.25, 0.3) is 0 Å². The molecule has 98 valence electrons. The first-order valence-corrected chi connectivity index (χ1v) is 5.39. The molecule has 1 aliphatic heterocycles. The van der Waals surface area contributed by atoms with Gasteiger partial charge >= 0.3 is 12.0 Å². The largest absolute Gasteiger partial charge is 0.481 e. The van der Waals surface area contributed by atoms with Gasteiger partial charge in [0.05, 0.1) is 12.0 Å². The molecule has 1 fully saturated rings. The Kier molecular flexibility index (Phi) is 4.25. The first-order chi connectivity index (χ1) is 7.85. The molecule has 0 aromatic rings. The molecule has 1 atom stereocenters. The van der Waals surface area contributed by atoms with E-state index in [1.54, 1.807) is 6.92 Å². The van der Waals surface area contributed by atoms with Gasteiger partial charge in [0.1, 0.15) is 0 Å². The summed E-state index contributed by atoms with van der Waals surface area (Å²) in [5.74, 6) is -0.969. The van der Waals surface area contributed by atoms with Crippen molar-refractivity contribution in [2.24, 2.45) is 5.41 Å². The molecule has 0 aromatic carbocycles. The van der Waals surface area contributed by atoms with Crippen LogP contribution >= 0.6 is 0 Å². The summed E-state index contributed by atoms with van der Waals surface area (Å²) in [5.41, 5.74) is -0.986. The Bertz CT molecular complexity index is 312. The lowest BCUT2D eigenvalue weighted by Crippen LogP contribution is -2.52. The van der Waals surface area contributed by atoms with Crippen molar-refractivity contribution in [2.75, 3.05) is 19.6 Å². The topological polar surface area (TPSA) is 69.6 Å². The van der Waals surface area contributed by atoms with Gasteiger partial charge in [-0.05, 0) is 19.8 Å². The molecule has 1 heterocycles. The number of nitrogens with one attached hydrogen (secondary N) is 1. The molecule has 0 saturated carbocycles. The van der Waals surface area contributed by atoms with Crippen molar-refractivity contribution in [3.63, 3.8) is 0 Å². The minimum atomic E-state index is -2.60. The Balaban J connectivity index is 2.54. The van der Waals surface area contributed by atoms with E-state index in [0.29, 0.717) is 19.4 Å². The van der Waals surface area contributed by atoms with E-state index in [0.717, 1.165) is 0 Å². The predicted octanol–water partition coefficient (Wildman–Crippen LogP) is 1.15. The number of nitrogens with zero attached hydrogens (tertiary/aromatic N) is 1. The first kappa shape index (κ1) is 13.7. The molecular weight excluding hydrogens is 234 g/mol. The minimum absolute atomic E-state index is 0.0530. The van der Waals surface area contributed by atoms with Crippen LogP contribution in [0.2, 0.25) is 0 Å². The van der Waals surface area contributed by atoms with Gasteiger partial charge in [-0.3, -0.25) is 4.79 Å². The lowest BCUT2D eigenvalue weighted by atomic mass is 9.82. The van der Waals surface area contributed by atoms with E-state index in [-0.39, 0.29) is 6.54 Å². The number of aliphatic carboxylic acids is 1. The van der Waals surface area contributed by atoms with Gasteiger partial charge in [-0.15, -0.1) is 0 Å². The summed E-state index contributed by atoms with van der Waals surface area (Å²) in [6, 6.07) is -0.627. The number of hydrogen-bond acceptors (Lipinski definition) is 2. The van der Waals surface area contributed by atoms with E-state index >= 15 is 0 Å². The third kappa shape index (κ3) is 3.54. The molecule has 1 saturated heterocycles. The van der Waals surface area contributed by atoms with Crippen molar-refractivity contribution in [3.05, 3.63) is 0 Å². The van der Waals surface area contributed by atoms with Gasteiger partial charge in [-0.25, -0.2) is 13.6 Å². The number of carboxylic acids is 1. The van der Waals surface area contributed by atoms with Gasteiger partial charge in [-0.1, -0.05) is 0 Å². The summed E-state index contributed by atoms with van der Waals surface area (Å²) in [5, 5.41) is 11.1. The molecule has 0 aliphatic carbocycles. The van der Waals surface area contributed by atoms with Gasteiger partial charge in [0.15, 0.2) is 0 Å². The zero-order valence-electron chi connectivity index (χ0n) is 9.58. The zero-order chi connectivity index (χ0) is 13.1. The molecule has 0 radical (unpaired) electrons. The van der Waals surface area contributed by atoms with Gasteiger partial charge in [-0.2, -0.15) is 0 Å². The average molecular weight is 250 g/mol. The van der Waals surface area contributed by atoms with Crippen molar-refractivity contribution >= 4 is 12.0 Å². The fourth-order valence-corrected chi connectivity index (χ4v) is 1.86. The highest BCUT2D eigenvalue weighted by Crippen LogP contribution is 2.29. The van der Waals surface area contributed by atoms with Gasteiger partial charge in [0.2, 0.25) is 0 Å². The van der Waals surface area contributed by atoms with Gasteiger partial charge < -0.3 is 15.3 Å². The minimum Gasteiger partial charge on any atom is -0.481 e. The highest BCUT2D eigenvalue weighted by atomic mass is 19.3. The third-order valence-corrected chi connectivity index (χ3v) is 2.91. The summed E-state index contributed by atoms with van der Waals surface area (Å²) in [7, 11) is 0. The van der Waals surface area contributed by atoms with Crippen LogP contribution < -0.4 is 5.32 Å². The number of alkyl halides is 2. The summed E-state index contributed by atoms with van der Waals surface area (Å²) < 4.78 is 23.8. The fourth-order valence-electron chi connectivity index (χ4n) is 1.86. The number of hydrogen-bond donors (Lipinski definition) is 2. The van der Waals surface area contributed by atoms with Crippen molar-refractivity contribution < 1.29 is 23.5 Å². The second-order valence-electron chi connectivity index (χ2n) is 4.47. The molecule has 17 heavy (non-hydrogen) atoms. The Labute approximate surface area is 97.8 Å². The van der Waals surface area contributed by atoms with Crippen molar-refractivity contribution in [3.8, 4) is 0 Å². The third-order valence-electron chi connectivity index (χ3n) is 2.91. The average Bonchev–Trinajstić information content (AvgIpc) is 2.25. The molecular formula is C10H16F2N2O3. The van der Waals surface area contributed by atoms with E-state index in [1.807, 2.05) is 0 Å². The Morgan fingerprint density at radius 1 is 1.53 bits per heavy atom. The summed E-state index contributed by atoms with van der Waals surface area (Å²) in [4.78, 5) is 23.8. The number of rotatable bonds is 3. The number of carbonyl (C=O) groups excluding carboxylic acids is 1. The van der Waals surface area contributed by atoms with Crippen molar-refractivity contribution in [1.82, 2.24) is 10.2 Å². The summed E-state index contributed by atoms with van der Waals surface area (Å²) in [6.45, 7) is 1.30. The number of urea groups is 1. The van der Waals surface area contributed by atoms with Crippen LogP contribution in [0, 0.1) is 5.41 Å². The van der Waals surface area contributed by atoms with Crippen molar-refractivity contribution in [1.29, 1.82) is 0 Å². The van der Waals surface area contributed by atoms with Gasteiger partial charge in [0, 0.05) is 13.1 Å².